The van der Waals surface area contributed by atoms with Gasteiger partial charge in [-0.1, -0.05) is 19.6 Å². The predicted octanol–water partition coefficient (Wildman–Crippen LogP) is 1.88. The van der Waals surface area contributed by atoms with E-state index in [9.17, 15) is 4.79 Å². The topological polar surface area (TPSA) is 34.9 Å². The second kappa shape index (κ2) is 3.75. The lowest BCUT2D eigenvalue weighted by atomic mass is 10.6. The molecule has 1 aromatic rings. The van der Waals surface area contributed by atoms with Gasteiger partial charge in [0, 0.05) is 12.4 Å². The maximum atomic E-state index is 11.5. The summed E-state index contributed by atoms with van der Waals surface area (Å²) >= 11 is 3.17. The molecule has 1 heterocycles. The molecule has 0 bridgehead atoms. The molecular weight excluding hydrogens is 248 g/mol. The predicted molar refractivity (Wildman–Crippen MR) is 59.5 cm³/mol. The van der Waals surface area contributed by atoms with Crippen LogP contribution < -0.4 is 5.56 Å². The summed E-state index contributed by atoms with van der Waals surface area (Å²) in [6, 6.07) is 0. The highest BCUT2D eigenvalue weighted by molar-refractivity contribution is 9.10. The molecule has 0 aliphatic heterocycles. The summed E-state index contributed by atoms with van der Waals surface area (Å²) in [5.74, 6) is 0. The highest BCUT2D eigenvalue weighted by atomic mass is 79.9. The lowest BCUT2D eigenvalue weighted by molar-refractivity contribution is 0.771. The Morgan fingerprint density at radius 2 is 2.15 bits per heavy atom. The Hall–Kier alpha value is -0.423. The summed E-state index contributed by atoms with van der Waals surface area (Å²) in [6.07, 6.45) is 3.95. The molecule has 0 fully saturated rings. The standard InChI is InChI=1S/C8H13BrN2OSi/c1-13(2,3)6-11-5-10-4-7(9)8(11)12/h4-5H,6H2,1-3H3. The van der Waals surface area contributed by atoms with Crippen molar-refractivity contribution in [2.24, 2.45) is 0 Å². The van der Waals surface area contributed by atoms with Crippen LogP contribution in [0.4, 0.5) is 0 Å². The van der Waals surface area contributed by atoms with Crippen LogP contribution in [-0.2, 0) is 6.17 Å². The first-order valence-electron chi connectivity index (χ1n) is 4.10. The molecule has 13 heavy (non-hydrogen) atoms. The van der Waals surface area contributed by atoms with Gasteiger partial charge in [0.25, 0.3) is 5.56 Å². The van der Waals surface area contributed by atoms with Gasteiger partial charge in [0.1, 0.15) is 4.47 Å². The van der Waals surface area contributed by atoms with Crippen molar-refractivity contribution in [1.82, 2.24) is 9.55 Å². The summed E-state index contributed by atoms with van der Waals surface area (Å²) in [5.41, 5.74) is 0.0115. The van der Waals surface area contributed by atoms with Crippen LogP contribution in [0, 0.1) is 0 Å². The van der Waals surface area contributed by atoms with E-state index in [-0.39, 0.29) is 5.56 Å². The van der Waals surface area contributed by atoms with Crippen molar-refractivity contribution in [3.05, 3.63) is 27.4 Å². The molecule has 0 saturated carbocycles. The molecule has 1 rings (SSSR count). The number of rotatable bonds is 2. The zero-order chi connectivity index (χ0) is 10.1. The summed E-state index contributed by atoms with van der Waals surface area (Å²) in [6.45, 7) is 6.67. The summed E-state index contributed by atoms with van der Waals surface area (Å²) in [7, 11) is -1.25. The SMILES string of the molecule is C[Si](C)(C)Cn1cncc(Br)c1=O. The fourth-order valence-corrected chi connectivity index (χ4v) is 2.64. The summed E-state index contributed by atoms with van der Waals surface area (Å²) in [4.78, 5) is 15.5. The molecule has 1 aromatic heterocycles. The smallest absolute Gasteiger partial charge is 0.267 e. The second-order valence-corrected chi connectivity index (χ2v) is 10.5. The van der Waals surface area contributed by atoms with E-state index < -0.39 is 8.07 Å². The van der Waals surface area contributed by atoms with Gasteiger partial charge < -0.3 is 4.57 Å². The minimum Gasteiger partial charge on any atom is -0.301 e. The maximum Gasteiger partial charge on any atom is 0.267 e. The van der Waals surface area contributed by atoms with E-state index in [0.29, 0.717) is 4.47 Å². The van der Waals surface area contributed by atoms with Crippen LogP contribution in [0.1, 0.15) is 0 Å². The number of aromatic nitrogens is 2. The van der Waals surface area contributed by atoms with Crippen molar-refractivity contribution in [3.8, 4) is 0 Å². The van der Waals surface area contributed by atoms with Crippen LogP contribution in [-0.4, -0.2) is 17.6 Å². The summed E-state index contributed by atoms with van der Waals surface area (Å²) in [5, 5.41) is 0. The lowest BCUT2D eigenvalue weighted by Gasteiger charge is -2.16. The Labute approximate surface area is 87.0 Å². The minimum atomic E-state index is -1.25. The zero-order valence-electron chi connectivity index (χ0n) is 8.04. The van der Waals surface area contributed by atoms with E-state index in [1.54, 1.807) is 10.9 Å². The van der Waals surface area contributed by atoms with Gasteiger partial charge in [-0.25, -0.2) is 4.98 Å². The average molecular weight is 261 g/mol. The molecule has 0 atom stereocenters. The van der Waals surface area contributed by atoms with Gasteiger partial charge in [-0.15, -0.1) is 0 Å². The number of nitrogens with zero attached hydrogens (tertiary/aromatic N) is 2. The molecule has 0 unspecified atom stereocenters. The van der Waals surface area contributed by atoms with Gasteiger partial charge in [0.15, 0.2) is 0 Å². The Kier molecular flexibility index (Phi) is 3.08. The highest BCUT2D eigenvalue weighted by Gasteiger charge is 2.15. The van der Waals surface area contributed by atoms with Gasteiger partial charge in [-0.3, -0.25) is 4.79 Å². The van der Waals surface area contributed by atoms with E-state index in [1.807, 2.05) is 0 Å². The molecule has 0 saturated heterocycles. The molecule has 3 nitrogen and oxygen atoms in total. The van der Waals surface area contributed by atoms with Crippen molar-refractivity contribution in [2.45, 2.75) is 25.8 Å². The van der Waals surface area contributed by atoms with Crippen LogP contribution in [0.15, 0.2) is 21.8 Å². The maximum absolute atomic E-state index is 11.5. The van der Waals surface area contributed by atoms with Crippen LogP contribution in [0.2, 0.25) is 19.6 Å². The third-order valence-corrected chi connectivity index (χ3v) is 3.34. The Balaban J connectivity index is 3.03. The molecule has 0 aliphatic carbocycles. The Morgan fingerprint density at radius 3 is 2.69 bits per heavy atom. The molecule has 0 radical (unpaired) electrons. The monoisotopic (exact) mass is 260 g/mol. The van der Waals surface area contributed by atoms with Gasteiger partial charge in [0.05, 0.1) is 14.4 Å². The summed E-state index contributed by atoms with van der Waals surface area (Å²) < 4.78 is 2.21. The molecule has 0 aliphatic rings. The van der Waals surface area contributed by atoms with Gasteiger partial charge >= 0.3 is 0 Å². The van der Waals surface area contributed by atoms with Crippen LogP contribution >= 0.6 is 15.9 Å². The molecule has 5 heteroatoms. The highest BCUT2D eigenvalue weighted by Crippen LogP contribution is 2.04. The van der Waals surface area contributed by atoms with Crippen LogP contribution in [0.3, 0.4) is 0 Å². The fourth-order valence-electron chi connectivity index (χ4n) is 1.05. The van der Waals surface area contributed by atoms with Gasteiger partial charge in [0.2, 0.25) is 0 Å². The van der Waals surface area contributed by atoms with Gasteiger partial charge in [-0.05, 0) is 15.9 Å². The van der Waals surface area contributed by atoms with Crippen LogP contribution in [0.5, 0.6) is 0 Å². The first-order chi connectivity index (χ1) is 5.90. The first-order valence-corrected chi connectivity index (χ1v) is 8.60. The normalized spacial score (nSPS) is 11.7. The molecular formula is C8H13BrN2OSi. The second-order valence-electron chi connectivity index (χ2n) is 4.24. The molecule has 0 aromatic carbocycles. The number of hydrogen-bond donors (Lipinski definition) is 0. The van der Waals surface area contributed by atoms with Crippen LogP contribution in [0.25, 0.3) is 0 Å². The quantitative estimate of drug-likeness (QED) is 0.762. The van der Waals surface area contributed by atoms with Crippen molar-refractivity contribution >= 4 is 24.0 Å². The van der Waals surface area contributed by atoms with E-state index in [1.165, 1.54) is 6.20 Å². The first kappa shape index (κ1) is 10.7. The molecule has 0 spiro atoms. The van der Waals surface area contributed by atoms with E-state index in [4.69, 9.17) is 0 Å². The van der Waals surface area contributed by atoms with E-state index in [2.05, 4.69) is 40.6 Å². The van der Waals surface area contributed by atoms with Crippen molar-refractivity contribution in [3.63, 3.8) is 0 Å². The largest absolute Gasteiger partial charge is 0.301 e. The van der Waals surface area contributed by atoms with Crippen molar-refractivity contribution in [2.75, 3.05) is 0 Å². The minimum absolute atomic E-state index is 0.0115. The zero-order valence-corrected chi connectivity index (χ0v) is 10.6. The van der Waals surface area contributed by atoms with E-state index >= 15 is 0 Å². The lowest BCUT2D eigenvalue weighted by Crippen LogP contribution is -2.34. The van der Waals surface area contributed by atoms with E-state index in [0.717, 1.165) is 6.17 Å². The van der Waals surface area contributed by atoms with Crippen molar-refractivity contribution in [1.29, 1.82) is 0 Å². The molecule has 0 amide bonds. The number of hydrogen-bond acceptors (Lipinski definition) is 2. The number of halogens is 1. The molecule has 0 N–H and O–H groups in total. The Bertz CT molecular complexity index is 356. The van der Waals surface area contributed by atoms with Crippen molar-refractivity contribution < 1.29 is 0 Å². The van der Waals surface area contributed by atoms with Gasteiger partial charge in [-0.2, -0.15) is 0 Å². The fraction of sp³-hybridized carbons (Fsp3) is 0.500. The Morgan fingerprint density at radius 1 is 1.54 bits per heavy atom. The third-order valence-electron chi connectivity index (χ3n) is 1.50. The molecule has 72 valence electrons. The third kappa shape index (κ3) is 3.08. The average Bonchev–Trinajstić information content (AvgIpc) is 1.96.